The summed E-state index contributed by atoms with van der Waals surface area (Å²) in [5.41, 5.74) is 1.62. The first-order chi connectivity index (χ1) is 14.1. The number of carbonyl (C=O) groups excluding carboxylic acids is 1. The molecule has 0 atom stereocenters. The maximum absolute atomic E-state index is 13.1. The van der Waals surface area contributed by atoms with Gasteiger partial charge in [0, 0.05) is 21.7 Å². The molecule has 2 aromatic carbocycles. The number of thiophene rings is 1. The minimum absolute atomic E-state index is 0.0811. The van der Waals surface area contributed by atoms with Gasteiger partial charge >= 0.3 is 0 Å². The fraction of sp³-hybridized carbons (Fsp3) is 0.227. The number of fused-ring (bicyclic) bond motifs is 1. The van der Waals surface area contributed by atoms with Crippen LogP contribution in [0.25, 0.3) is 0 Å². The fourth-order valence-electron chi connectivity index (χ4n) is 3.07. The number of rotatable bonds is 6. The average Bonchev–Trinajstić information content (AvgIpc) is 3.24. The van der Waals surface area contributed by atoms with Crippen molar-refractivity contribution < 1.29 is 19.0 Å². The van der Waals surface area contributed by atoms with Crippen molar-refractivity contribution in [1.29, 1.82) is 0 Å². The first-order valence-electron chi connectivity index (χ1n) is 9.21. The van der Waals surface area contributed by atoms with E-state index >= 15 is 0 Å². The van der Waals surface area contributed by atoms with Crippen LogP contribution in [0, 0.1) is 6.92 Å². The van der Waals surface area contributed by atoms with Gasteiger partial charge in [-0.1, -0.05) is 17.7 Å². The zero-order chi connectivity index (χ0) is 20.2. The van der Waals surface area contributed by atoms with E-state index in [2.05, 4.69) is 0 Å². The Hall–Kier alpha value is -2.70. The van der Waals surface area contributed by atoms with Crippen LogP contribution < -0.4 is 19.1 Å². The Balaban J connectivity index is 1.55. The van der Waals surface area contributed by atoms with Crippen LogP contribution in [0.2, 0.25) is 5.02 Å². The number of carbonyl (C=O) groups is 1. The van der Waals surface area contributed by atoms with E-state index in [-0.39, 0.29) is 12.5 Å². The Kier molecular flexibility index (Phi) is 5.92. The maximum Gasteiger partial charge on any atom is 0.265 e. The number of hydrogen-bond acceptors (Lipinski definition) is 5. The summed E-state index contributed by atoms with van der Waals surface area (Å²) in [5.74, 6) is 1.83. The van der Waals surface area contributed by atoms with E-state index in [1.54, 1.807) is 28.4 Å². The molecule has 29 heavy (non-hydrogen) atoms. The molecule has 0 aliphatic carbocycles. The third-order valence-electron chi connectivity index (χ3n) is 4.52. The predicted octanol–water partition coefficient (Wildman–Crippen LogP) is 5.09. The van der Waals surface area contributed by atoms with Crippen LogP contribution in [-0.2, 0) is 11.3 Å². The van der Waals surface area contributed by atoms with Gasteiger partial charge in [0.25, 0.3) is 5.91 Å². The SMILES string of the molecule is Cc1cc(Cl)ccc1OCC(=O)N(Cc1cccs1)c1ccc2c(c1)OCCO2. The standard InChI is InChI=1S/C22H20ClNO4S/c1-15-11-16(23)4-6-19(15)28-14-22(25)24(13-18-3-2-10-29-18)17-5-7-20-21(12-17)27-9-8-26-20/h2-7,10-12H,8-9,13-14H2,1H3. The monoisotopic (exact) mass is 429 g/mol. The minimum atomic E-state index is -0.149. The number of nitrogens with zero attached hydrogens (tertiary/aromatic N) is 1. The highest BCUT2D eigenvalue weighted by Crippen LogP contribution is 2.35. The number of halogens is 1. The third kappa shape index (κ3) is 4.66. The molecule has 0 unspecified atom stereocenters. The summed E-state index contributed by atoms with van der Waals surface area (Å²) in [5, 5.41) is 2.63. The van der Waals surface area contributed by atoms with Gasteiger partial charge in [-0.3, -0.25) is 4.79 Å². The van der Waals surface area contributed by atoms with Gasteiger partial charge in [-0.15, -0.1) is 11.3 Å². The van der Waals surface area contributed by atoms with Gasteiger partial charge in [0.05, 0.1) is 6.54 Å². The summed E-state index contributed by atoms with van der Waals surface area (Å²) in [4.78, 5) is 15.9. The van der Waals surface area contributed by atoms with Crippen molar-refractivity contribution in [2.24, 2.45) is 0 Å². The van der Waals surface area contributed by atoms with Gasteiger partial charge in [-0.05, 0) is 54.3 Å². The van der Waals surface area contributed by atoms with E-state index in [4.69, 9.17) is 25.8 Å². The van der Waals surface area contributed by atoms with Gasteiger partial charge in [0.1, 0.15) is 19.0 Å². The van der Waals surface area contributed by atoms with Crippen LogP contribution in [0.4, 0.5) is 5.69 Å². The van der Waals surface area contributed by atoms with Crippen LogP contribution in [0.1, 0.15) is 10.4 Å². The summed E-state index contributed by atoms with van der Waals surface area (Å²) in [6.07, 6.45) is 0. The van der Waals surface area contributed by atoms with Crippen molar-refractivity contribution in [3.8, 4) is 17.2 Å². The van der Waals surface area contributed by atoms with Crippen molar-refractivity contribution in [3.63, 3.8) is 0 Å². The number of amides is 1. The molecule has 0 saturated carbocycles. The second-order valence-electron chi connectivity index (χ2n) is 6.59. The Labute approximate surface area is 178 Å². The lowest BCUT2D eigenvalue weighted by Crippen LogP contribution is -2.34. The molecule has 0 N–H and O–H groups in total. The number of hydrogen-bond donors (Lipinski definition) is 0. The second-order valence-corrected chi connectivity index (χ2v) is 8.05. The van der Waals surface area contributed by atoms with E-state index in [9.17, 15) is 4.79 Å². The molecule has 1 aliphatic heterocycles. The minimum Gasteiger partial charge on any atom is -0.486 e. The van der Waals surface area contributed by atoms with Crippen LogP contribution in [0.15, 0.2) is 53.9 Å². The van der Waals surface area contributed by atoms with Crippen LogP contribution in [-0.4, -0.2) is 25.7 Å². The first kappa shape index (κ1) is 19.6. The van der Waals surface area contributed by atoms with Crippen LogP contribution in [0.5, 0.6) is 17.2 Å². The highest BCUT2D eigenvalue weighted by atomic mass is 35.5. The molecule has 0 radical (unpaired) electrons. The number of benzene rings is 2. The normalized spacial score (nSPS) is 12.5. The van der Waals surface area contributed by atoms with Gasteiger partial charge in [-0.25, -0.2) is 0 Å². The van der Waals surface area contributed by atoms with Crippen LogP contribution in [0.3, 0.4) is 0 Å². The summed E-state index contributed by atoms with van der Waals surface area (Å²) >= 11 is 7.60. The van der Waals surface area contributed by atoms with Gasteiger partial charge in [0.15, 0.2) is 18.1 Å². The summed E-state index contributed by atoms with van der Waals surface area (Å²) in [6.45, 7) is 3.30. The average molecular weight is 430 g/mol. The fourth-order valence-corrected chi connectivity index (χ4v) is 3.99. The second kappa shape index (κ2) is 8.76. The lowest BCUT2D eigenvalue weighted by atomic mass is 10.2. The highest BCUT2D eigenvalue weighted by molar-refractivity contribution is 7.09. The number of aryl methyl sites for hydroxylation is 1. The molecule has 1 aliphatic rings. The largest absolute Gasteiger partial charge is 0.486 e. The third-order valence-corrected chi connectivity index (χ3v) is 5.62. The Morgan fingerprint density at radius 3 is 2.72 bits per heavy atom. The molecule has 1 aromatic heterocycles. The maximum atomic E-state index is 13.1. The van der Waals surface area contributed by atoms with E-state index in [1.807, 2.05) is 48.7 Å². The molecular weight excluding hydrogens is 410 g/mol. The Morgan fingerprint density at radius 2 is 1.97 bits per heavy atom. The molecular formula is C22H20ClNO4S. The lowest BCUT2D eigenvalue weighted by molar-refractivity contribution is -0.120. The van der Waals surface area contributed by atoms with Crippen molar-refractivity contribution in [2.75, 3.05) is 24.7 Å². The van der Waals surface area contributed by atoms with Crippen molar-refractivity contribution in [3.05, 3.63) is 69.4 Å². The smallest absolute Gasteiger partial charge is 0.265 e. The van der Waals surface area contributed by atoms with E-state index in [1.165, 1.54) is 0 Å². The Morgan fingerprint density at radius 1 is 1.14 bits per heavy atom. The van der Waals surface area contributed by atoms with Crippen LogP contribution >= 0.6 is 22.9 Å². The van der Waals surface area contributed by atoms with E-state index < -0.39 is 0 Å². The Bertz CT molecular complexity index is 1010. The zero-order valence-electron chi connectivity index (χ0n) is 15.9. The number of ether oxygens (including phenoxy) is 3. The summed E-state index contributed by atoms with van der Waals surface area (Å²) in [7, 11) is 0. The van der Waals surface area contributed by atoms with Crippen molar-refractivity contribution in [2.45, 2.75) is 13.5 Å². The quantitative estimate of drug-likeness (QED) is 0.547. The van der Waals surface area contributed by atoms with Gasteiger partial charge in [-0.2, -0.15) is 0 Å². The molecule has 1 amide bonds. The molecule has 0 fully saturated rings. The zero-order valence-corrected chi connectivity index (χ0v) is 17.5. The van der Waals surface area contributed by atoms with E-state index in [0.29, 0.717) is 42.0 Å². The first-order valence-corrected chi connectivity index (χ1v) is 10.5. The van der Waals surface area contributed by atoms with Gasteiger partial charge in [0.2, 0.25) is 0 Å². The van der Waals surface area contributed by atoms with E-state index in [0.717, 1.165) is 16.1 Å². The highest BCUT2D eigenvalue weighted by Gasteiger charge is 2.21. The molecule has 7 heteroatoms. The van der Waals surface area contributed by atoms with Crippen molar-refractivity contribution in [1.82, 2.24) is 0 Å². The number of anilines is 1. The van der Waals surface area contributed by atoms with Gasteiger partial charge < -0.3 is 19.1 Å². The van der Waals surface area contributed by atoms with Crippen molar-refractivity contribution >= 4 is 34.5 Å². The molecule has 0 spiro atoms. The lowest BCUT2D eigenvalue weighted by Gasteiger charge is -2.25. The molecule has 2 heterocycles. The molecule has 3 aromatic rings. The molecule has 5 nitrogen and oxygen atoms in total. The molecule has 150 valence electrons. The predicted molar refractivity (Wildman–Crippen MR) is 115 cm³/mol. The summed E-state index contributed by atoms with van der Waals surface area (Å²) < 4.78 is 17.1. The topological polar surface area (TPSA) is 48.0 Å². The molecule has 4 rings (SSSR count). The molecule has 0 saturated heterocycles. The summed E-state index contributed by atoms with van der Waals surface area (Å²) in [6, 6.07) is 14.9. The molecule has 0 bridgehead atoms.